The summed E-state index contributed by atoms with van der Waals surface area (Å²) in [5, 5.41) is 46.2. The maximum absolute atomic E-state index is 10.8. The van der Waals surface area contributed by atoms with Crippen molar-refractivity contribution in [1.29, 1.82) is 0 Å². The Balaban J connectivity index is 1.00. The van der Waals surface area contributed by atoms with E-state index in [1.54, 1.807) is 0 Å². The molecular weight excluding hydrogens is 510 g/mol. The number of benzene rings is 2. The van der Waals surface area contributed by atoms with Crippen molar-refractivity contribution in [3.63, 3.8) is 0 Å². The van der Waals surface area contributed by atoms with Crippen LogP contribution in [0.5, 0.6) is 0 Å². The Hall–Kier alpha value is -2.00. The Morgan fingerprint density at radius 3 is 1.38 bits per heavy atom. The molecule has 4 saturated heterocycles. The molecule has 5 N–H and O–H groups in total. The highest BCUT2D eigenvalue weighted by Gasteiger charge is 2.50. The Morgan fingerprint density at radius 2 is 0.974 bits per heavy atom. The van der Waals surface area contributed by atoms with Gasteiger partial charge in [-0.2, -0.15) is 0 Å². The zero-order valence-corrected chi connectivity index (χ0v) is 21.3. The van der Waals surface area contributed by atoms with Crippen molar-refractivity contribution in [3.05, 3.63) is 71.8 Å². The fourth-order valence-electron chi connectivity index (χ4n) is 5.64. The second-order valence-corrected chi connectivity index (χ2v) is 10.4. The quantitative estimate of drug-likeness (QED) is 0.328. The number of rotatable bonds is 6. The normalized spacial score (nSPS) is 42.4. The predicted molar refractivity (Wildman–Crippen MR) is 134 cm³/mol. The molecule has 0 aliphatic carbocycles. The lowest BCUT2D eigenvalue weighted by atomic mass is 9.93. The summed E-state index contributed by atoms with van der Waals surface area (Å²) in [5.41, 5.74) is 1.64. The van der Waals surface area contributed by atoms with Crippen LogP contribution in [0, 0.1) is 0 Å². The van der Waals surface area contributed by atoms with E-state index in [0.717, 1.165) is 11.1 Å². The van der Waals surface area contributed by atoms with Crippen molar-refractivity contribution in [2.75, 3.05) is 26.3 Å². The van der Waals surface area contributed by atoms with Gasteiger partial charge in [-0.15, -0.1) is 0 Å². The summed E-state index contributed by atoms with van der Waals surface area (Å²) in [6, 6.07) is 18.8. The van der Waals surface area contributed by atoms with Gasteiger partial charge in [-0.25, -0.2) is 0 Å². The summed E-state index contributed by atoms with van der Waals surface area (Å²) in [6.45, 7) is 0.745. The Labute approximate surface area is 226 Å². The minimum atomic E-state index is -1.20. The topological polar surface area (TPSA) is 148 Å². The van der Waals surface area contributed by atoms with Gasteiger partial charge in [0, 0.05) is 24.2 Å². The van der Waals surface area contributed by atoms with Crippen molar-refractivity contribution < 1.29 is 48.8 Å². The van der Waals surface area contributed by atoms with Crippen molar-refractivity contribution in [1.82, 2.24) is 5.32 Å². The first kappa shape index (κ1) is 27.2. The number of nitrogens with one attached hydrogen (secondary N) is 1. The van der Waals surface area contributed by atoms with Gasteiger partial charge in [-0.05, 0) is 0 Å². The lowest BCUT2D eigenvalue weighted by molar-refractivity contribution is -0.329. The van der Waals surface area contributed by atoms with Gasteiger partial charge in [0.1, 0.15) is 48.8 Å². The standard InChI is InChI=1S/C28H35NO10/c30-21-17(36-19-13-34-27(38-25(19)23(21)32)15-7-3-1-4-8-15)11-29-12-18-22(31)24(33)26-20(37-18)14-35-28(39-26)16-9-5-2-6-10-16/h1-10,17-33H,11-14H2/t17-,18-,19+,20+,21-,22-,23+,24+,25+,26+,27?,28?/m0/s1. The van der Waals surface area contributed by atoms with Gasteiger partial charge in [-0.3, -0.25) is 0 Å². The third-order valence-corrected chi connectivity index (χ3v) is 7.79. The van der Waals surface area contributed by atoms with Crippen LogP contribution in [0.4, 0.5) is 0 Å². The van der Waals surface area contributed by atoms with Crippen LogP contribution in [-0.2, 0) is 28.4 Å². The van der Waals surface area contributed by atoms with Crippen molar-refractivity contribution in [2.45, 2.75) is 73.6 Å². The summed E-state index contributed by atoms with van der Waals surface area (Å²) >= 11 is 0. The third-order valence-electron chi connectivity index (χ3n) is 7.79. The number of aliphatic hydroxyl groups excluding tert-OH is 4. The SMILES string of the molecule is O[C@@H]1[C@@H](O)[C@H](CNC[C@@H]2O[C@@H]3COC(c4ccccc4)O[C@H]3[C@H](O)[C@H]2O)O[C@@H]2COC(c3ccccc3)O[C@@H]12. The Morgan fingerprint density at radius 1 is 0.564 bits per heavy atom. The Kier molecular flexibility index (Phi) is 8.26. The van der Waals surface area contributed by atoms with E-state index in [4.69, 9.17) is 28.4 Å². The van der Waals surface area contributed by atoms with Crippen molar-refractivity contribution in [2.24, 2.45) is 0 Å². The first-order valence-electron chi connectivity index (χ1n) is 13.4. The molecule has 11 heteroatoms. The van der Waals surface area contributed by atoms with E-state index < -0.39 is 73.6 Å². The van der Waals surface area contributed by atoms with Crippen molar-refractivity contribution in [3.8, 4) is 0 Å². The molecule has 212 valence electrons. The molecule has 39 heavy (non-hydrogen) atoms. The van der Waals surface area contributed by atoms with Gasteiger partial charge in [0.25, 0.3) is 0 Å². The third kappa shape index (κ3) is 5.63. The molecular formula is C28H35NO10. The van der Waals surface area contributed by atoms with E-state index >= 15 is 0 Å². The number of hydrogen-bond acceptors (Lipinski definition) is 11. The van der Waals surface area contributed by atoms with E-state index in [1.807, 2.05) is 60.7 Å². The molecule has 2 unspecified atom stereocenters. The molecule has 11 nitrogen and oxygen atoms in total. The van der Waals surface area contributed by atoms with Gasteiger partial charge >= 0.3 is 0 Å². The number of fused-ring (bicyclic) bond motifs is 2. The molecule has 0 bridgehead atoms. The van der Waals surface area contributed by atoms with Crippen LogP contribution in [-0.4, -0.2) is 108 Å². The molecule has 4 aliphatic heterocycles. The molecule has 0 spiro atoms. The van der Waals surface area contributed by atoms with Crippen LogP contribution >= 0.6 is 0 Å². The minimum absolute atomic E-state index is 0.170. The van der Waals surface area contributed by atoms with Gasteiger partial charge in [0.15, 0.2) is 12.6 Å². The smallest absolute Gasteiger partial charge is 0.184 e. The van der Waals surface area contributed by atoms with Crippen LogP contribution < -0.4 is 5.32 Å². The van der Waals surface area contributed by atoms with E-state index in [0.29, 0.717) is 0 Å². The first-order chi connectivity index (χ1) is 19.0. The molecule has 6 rings (SSSR count). The lowest BCUT2D eigenvalue weighted by Crippen LogP contribution is -2.65. The van der Waals surface area contributed by atoms with Crippen LogP contribution in [0.1, 0.15) is 23.7 Å². The maximum Gasteiger partial charge on any atom is 0.184 e. The summed E-state index contributed by atoms with van der Waals surface area (Å²) in [6.07, 6.45) is -10.1. The zero-order chi connectivity index (χ0) is 26.9. The van der Waals surface area contributed by atoms with Gasteiger partial charge in [-0.1, -0.05) is 60.7 Å². The molecule has 0 amide bonds. The molecule has 2 aromatic carbocycles. The second-order valence-electron chi connectivity index (χ2n) is 10.4. The van der Waals surface area contributed by atoms with Crippen LogP contribution in [0.2, 0.25) is 0 Å². The zero-order valence-electron chi connectivity index (χ0n) is 21.3. The van der Waals surface area contributed by atoms with Gasteiger partial charge in [0.2, 0.25) is 0 Å². The average molecular weight is 546 g/mol. The summed E-state index contributed by atoms with van der Waals surface area (Å²) < 4.78 is 35.5. The molecule has 0 aromatic heterocycles. The van der Waals surface area contributed by atoms with Gasteiger partial charge < -0.3 is 54.2 Å². The number of ether oxygens (including phenoxy) is 6. The summed E-state index contributed by atoms with van der Waals surface area (Å²) in [5.74, 6) is 0. The Bertz CT molecular complexity index is 975. The van der Waals surface area contributed by atoms with E-state index in [1.165, 1.54) is 0 Å². The summed E-state index contributed by atoms with van der Waals surface area (Å²) in [7, 11) is 0. The minimum Gasteiger partial charge on any atom is -0.388 e. The predicted octanol–water partition coefficient (Wildman–Crippen LogP) is -0.217. The molecule has 0 radical (unpaired) electrons. The summed E-state index contributed by atoms with van der Waals surface area (Å²) in [4.78, 5) is 0. The maximum atomic E-state index is 10.8. The molecule has 4 aliphatic rings. The van der Waals surface area contributed by atoms with E-state index in [9.17, 15) is 20.4 Å². The fraction of sp³-hybridized carbons (Fsp3) is 0.571. The number of aliphatic hydroxyl groups is 4. The highest BCUT2D eigenvalue weighted by Crippen LogP contribution is 2.35. The number of hydrogen-bond donors (Lipinski definition) is 5. The molecule has 2 aromatic rings. The lowest BCUT2D eigenvalue weighted by Gasteiger charge is -2.47. The van der Waals surface area contributed by atoms with Crippen LogP contribution in [0.15, 0.2) is 60.7 Å². The molecule has 0 saturated carbocycles. The van der Waals surface area contributed by atoms with Gasteiger partial charge in [0.05, 0.1) is 25.4 Å². The molecule has 12 atom stereocenters. The molecule has 4 heterocycles. The van der Waals surface area contributed by atoms with Crippen LogP contribution in [0.3, 0.4) is 0 Å². The monoisotopic (exact) mass is 545 g/mol. The van der Waals surface area contributed by atoms with E-state index in [2.05, 4.69) is 5.32 Å². The molecule has 4 fully saturated rings. The average Bonchev–Trinajstić information content (AvgIpc) is 2.98. The first-order valence-corrected chi connectivity index (χ1v) is 13.4. The largest absolute Gasteiger partial charge is 0.388 e. The van der Waals surface area contributed by atoms with Crippen LogP contribution in [0.25, 0.3) is 0 Å². The highest BCUT2D eigenvalue weighted by molar-refractivity contribution is 5.17. The second kappa shape index (κ2) is 11.9. The van der Waals surface area contributed by atoms with E-state index in [-0.39, 0.29) is 26.3 Å². The fourth-order valence-corrected chi connectivity index (χ4v) is 5.64. The van der Waals surface area contributed by atoms with Crippen molar-refractivity contribution >= 4 is 0 Å². The highest BCUT2D eigenvalue weighted by atomic mass is 16.7.